The van der Waals surface area contributed by atoms with Gasteiger partial charge in [-0.15, -0.1) is 0 Å². The van der Waals surface area contributed by atoms with Crippen molar-refractivity contribution in [3.8, 4) is 0 Å². The number of esters is 1. The Bertz CT molecular complexity index is 880. The predicted molar refractivity (Wildman–Crippen MR) is 94.3 cm³/mol. The van der Waals surface area contributed by atoms with Gasteiger partial charge in [-0.05, 0) is 5.92 Å². The summed E-state index contributed by atoms with van der Waals surface area (Å²) in [5.74, 6) is -12.1. The summed E-state index contributed by atoms with van der Waals surface area (Å²) in [6.45, 7) is 8.07. The van der Waals surface area contributed by atoms with Crippen LogP contribution in [0, 0.1) is 35.0 Å². The fourth-order valence-electron chi connectivity index (χ4n) is 2.69. The SMILES string of the molecule is CC(C)C(C(=O)OCc1c(F)c(F)c(F)c(F)c1F)c1cnc(C(C)(C)C)nc1. The summed E-state index contributed by atoms with van der Waals surface area (Å²) in [6.07, 6.45) is 2.91. The highest BCUT2D eigenvalue weighted by Crippen LogP contribution is 2.28. The average molecular weight is 416 g/mol. The van der Waals surface area contributed by atoms with Crippen molar-refractivity contribution in [2.24, 2.45) is 5.92 Å². The molecule has 0 spiro atoms. The lowest BCUT2D eigenvalue weighted by atomic mass is 9.89. The van der Waals surface area contributed by atoms with Crippen LogP contribution in [0.25, 0.3) is 0 Å². The first-order valence-corrected chi connectivity index (χ1v) is 8.85. The molecule has 29 heavy (non-hydrogen) atoms. The topological polar surface area (TPSA) is 52.1 Å². The van der Waals surface area contributed by atoms with Crippen molar-refractivity contribution < 1.29 is 31.5 Å². The fraction of sp³-hybridized carbons (Fsp3) is 0.450. The summed E-state index contributed by atoms with van der Waals surface area (Å²) < 4.78 is 72.1. The molecule has 1 heterocycles. The lowest BCUT2D eigenvalue weighted by Crippen LogP contribution is -2.23. The molecule has 1 aromatic heterocycles. The second-order valence-electron chi connectivity index (χ2n) is 7.97. The Hall–Kier alpha value is -2.58. The van der Waals surface area contributed by atoms with E-state index in [2.05, 4.69) is 9.97 Å². The molecule has 0 aliphatic heterocycles. The van der Waals surface area contributed by atoms with Crippen LogP contribution in [0.5, 0.6) is 0 Å². The number of carbonyl (C=O) groups is 1. The van der Waals surface area contributed by atoms with E-state index in [1.165, 1.54) is 12.4 Å². The van der Waals surface area contributed by atoms with Gasteiger partial charge in [-0.25, -0.2) is 31.9 Å². The van der Waals surface area contributed by atoms with Crippen LogP contribution in [0.4, 0.5) is 22.0 Å². The minimum Gasteiger partial charge on any atom is -0.460 e. The molecule has 2 aromatic rings. The summed E-state index contributed by atoms with van der Waals surface area (Å²) >= 11 is 0. The highest BCUT2D eigenvalue weighted by Gasteiger charge is 2.30. The van der Waals surface area contributed by atoms with E-state index in [-0.39, 0.29) is 11.3 Å². The van der Waals surface area contributed by atoms with Crippen molar-refractivity contribution in [2.75, 3.05) is 0 Å². The molecule has 0 saturated carbocycles. The third-order valence-electron chi connectivity index (χ3n) is 4.28. The van der Waals surface area contributed by atoms with Gasteiger partial charge in [0.05, 0.1) is 11.5 Å². The molecule has 0 radical (unpaired) electrons. The van der Waals surface area contributed by atoms with Crippen molar-refractivity contribution in [3.63, 3.8) is 0 Å². The molecule has 1 atom stereocenters. The van der Waals surface area contributed by atoms with Gasteiger partial charge in [0.25, 0.3) is 0 Å². The molecule has 0 amide bonds. The molecule has 4 nitrogen and oxygen atoms in total. The van der Waals surface area contributed by atoms with Crippen LogP contribution < -0.4 is 0 Å². The second kappa shape index (κ2) is 8.42. The van der Waals surface area contributed by atoms with Crippen molar-refractivity contribution in [3.05, 3.63) is 58.4 Å². The number of rotatable bonds is 5. The Kier molecular flexibility index (Phi) is 6.60. The van der Waals surface area contributed by atoms with Crippen molar-refractivity contribution >= 4 is 5.97 Å². The number of halogens is 5. The van der Waals surface area contributed by atoms with Gasteiger partial charge in [0, 0.05) is 23.4 Å². The summed E-state index contributed by atoms with van der Waals surface area (Å²) in [7, 11) is 0. The molecule has 0 aliphatic carbocycles. The van der Waals surface area contributed by atoms with Crippen molar-refractivity contribution in [1.82, 2.24) is 9.97 Å². The van der Waals surface area contributed by atoms with E-state index in [0.29, 0.717) is 11.4 Å². The Morgan fingerprint density at radius 3 is 1.79 bits per heavy atom. The quantitative estimate of drug-likeness (QED) is 0.300. The summed E-state index contributed by atoms with van der Waals surface area (Å²) in [4.78, 5) is 21.0. The number of ether oxygens (including phenoxy) is 1. The van der Waals surface area contributed by atoms with Gasteiger partial charge in [-0.3, -0.25) is 4.79 Å². The monoisotopic (exact) mass is 416 g/mol. The highest BCUT2D eigenvalue weighted by molar-refractivity contribution is 5.78. The molecule has 0 saturated heterocycles. The Morgan fingerprint density at radius 2 is 1.38 bits per heavy atom. The van der Waals surface area contributed by atoms with Crippen molar-refractivity contribution in [1.29, 1.82) is 0 Å². The Balaban J connectivity index is 2.26. The zero-order valence-corrected chi connectivity index (χ0v) is 16.6. The number of nitrogens with zero attached hydrogens (tertiary/aromatic N) is 2. The first kappa shape index (κ1) is 22.7. The predicted octanol–water partition coefficient (Wildman–Crippen LogP) is 4.95. The number of hydrogen-bond acceptors (Lipinski definition) is 4. The van der Waals surface area contributed by atoms with Gasteiger partial charge in [0.1, 0.15) is 12.4 Å². The van der Waals surface area contributed by atoms with Crippen LogP contribution >= 0.6 is 0 Å². The Labute approximate surface area is 165 Å². The minimum absolute atomic E-state index is 0.303. The zero-order valence-electron chi connectivity index (χ0n) is 16.6. The van der Waals surface area contributed by atoms with E-state index in [1.807, 2.05) is 20.8 Å². The van der Waals surface area contributed by atoms with Crippen LogP contribution in [0.3, 0.4) is 0 Å². The third kappa shape index (κ3) is 4.71. The molecule has 1 unspecified atom stereocenters. The molecule has 0 N–H and O–H groups in total. The van der Waals surface area contributed by atoms with E-state index in [0.717, 1.165) is 0 Å². The molecule has 9 heteroatoms. The summed E-state index contributed by atoms with van der Waals surface area (Å²) in [5, 5.41) is 0. The molecule has 2 rings (SSSR count). The molecular weight excluding hydrogens is 395 g/mol. The highest BCUT2D eigenvalue weighted by atomic mass is 19.2. The first-order valence-electron chi connectivity index (χ1n) is 8.85. The standard InChI is InChI=1S/C20H21F5N2O2/c1-9(2)12(10-6-26-19(27-7-10)20(3,4)5)18(28)29-8-11-13(21)15(23)17(25)16(24)14(11)22/h6-7,9,12H,8H2,1-5H3. The zero-order chi connectivity index (χ0) is 22.1. The Morgan fingerprint density at radius 1 is 0.931 bits per heavy atom. The molecule has 1 aromatic carbocycles. The third-order valence-corrected chi connectivity index (χ3v) is 4.28. The van der Waals surface area contributed by atoms with Gasteiger partial charge in [-0.2, -0.15) is 0 Å². The summed E-state index contributed by atoms with van der Waals surface area (Å²) in [6, 6.07) is 0. The lowest BCUT2D eigenvalue weighted by Gasteiger charge is -2.21. The lowest BCUT2D eigenvalue weighted by molar-refractivity contribution is -0.148. The van der Waals surface area contributed by atoms with Gasteiger partial charge >= 0.3 is 5.97 Å². The van der Waals surface area contributed by atoms with Gasteiger partial charge in [-0.1, -0.05) is 34.6 Å². The van der Waals surface area contributed by atoms with E-state index < -0.39 is 53.1 Å². The van der Waals surface area contributed by atoms with Crippen LogP contribution in [0.2, 0.25) is 0 Å². The van der Waals surface area contributed by atoms with Gasteiger partial charge < -0.3 is 4.74 Å². The number of hydrogen-bond donors (Lipinski definition) is 0. The maximum atomic E-state index is 13.8. The van der Waals surface area contributed by atoms with Gasteiger partial charge in [0.15, 0.2) is 23.3 Å². The number of carbonyl (C=O) groups excluding carboxylic acids is 1. The van der Waals surface area contributed by atoms with Crippen LogP contribution in [-0.4, -0.2) is 15.9 Å². The smallest absolute Gasteiger partial charge is 0.314 e. The average Bonchev–Trinajstić information content (AvgIpc) is 2.64. The minimum atomic E-state index is -2.27. The van der Waals surface area contributed by atoms with E-state index in [9.17, 15) is 26.7 Å². The van der Waals surface area contributed by atoms with Crippen LogP contribution in [0.15, 0.2) is 12.4 Å². The maximum absolute atomic E-state index is 13.8. The largest absolute Gasteiger partial charge is 0.460 e. The van der Waals surface area contributed by atoms with E-state index in [1.54, 1.807) is 13.8 Å². The summed E-state index contributed by atoms with van der Waals surface area (Å²) in [5.41, 5.74) is -1.11. The molecule has 0 bridgehead atoms. The van der Waals surface area contributed by atoms with E-state index in [4.69, 9.17) is 4.74 Å². The van der Waals surface area contributed by atoms with Gasteiger partial charge in [0.2, 0.25) is 5.82 Å². The molecule has 0 aliphatic rings. The molecule has 0 fully saturated rings. The van der Waals surface area contributed by atoms with E-state index >= 15 is 0 Å². The van der Waals surface area contributed by atoms with Crippen LogP contribution in [-0.2, 0) is 21.6 Å². The van der Waals surface area contributed by atoms with Crippen LogP contribution in [0.1, 0.15) is 57.5 Å². The second-order valence-corrected chi connectivity index (χ2v) is 7.97. The fourth-order valence-corrected chi connectivity index (χ4v) is 2.69. The molecule has 158 valence electrons. The number of aromatic nitrogens is 2. The van der Waals surface area contributed by atoms with Crippen molar-refractivity contribution in [2.45, 2.75) is 52.6 Å². The first-order chi connectivity index (χ1) is 13.4. The normalized spacial score (nSPS) is 12.9. The maximum Gasteiger partial charge on any atom is 0.314 e. The molecular formula is C20H21F5N2O2. The number of benzene rings is 1.